The van der Waals surface area contributed by atoms with Crippen molar-refractivity contribution in [1.82, 2.24) is 9.97 Å². The Morgan fingerprint density at radius 3 is 2.42 bits per heavy atom. The molecule has 2 aromatic carbocycles. The Morgan fingerprint density at radius 1 is 0.923 bits per heavy atom. The van der Waals surface area contributed by atoms with E-state index in [1.807, 2.05) is 36.4 Å². The first kappa shape index (κ1) is 16.5. The largest absolute Gasteiger partial charge is 0.378 e. The molecule has 3 aromatic rings. The number of nitrogens with one attached hydrogen (secondary N) is 1. The molecule has 0 amide bonds. The van der Waals surface area contributed by atoms with Crippen molar-refractivity contribution in [2.75, 3.05) is 36.5 Å². The average molecular weight is 346 g/mol. The number of aryl methyl sites for hydroxylation is 1. The molecule has 1 N–H and O–H groups in total. The highest BCUT2D eigenvalue weighted by atomic mass is 16.5. The number of morpholine rings is 1. The normalized spacial score (nSPS) is 14.3. The number of anilines is 3. The zero-order valence-corrected chi connectivity index (χ0v) is 14.9. The summed E-state index contributed by atoms with van der Waals surface area (Å²) in [6, 6.07) is 20.4. The molecule has 1 aliphatic heterocycles. The number of nitrogens with zero attached hydrogens (tertiary/aromatic N) is 3. The third kappa shape index (κ3) is 3.68. The van der Waals surface area contributed by atoms with Crippen molar-refractivity contribution in [3.63, 3.8) is 0 Å². The maximum Gasteiger partial charge on any atom is 0.229 e. The van der Waals surface area contributed by atoms with Crippen LogP contribution >= 0.6 is 0 Å². The Hall–Kier alpha value is -2.92. The van der Waals surface area contributed by atoms with Crippen LogP contribution in [-0.4, -0.2) is 36.3 Å². The maximum atomic E-state index is 5.48. The topological polar surface area (TPSA) is 50.3 Å². The van der Waals surface area contributed by atoms with Gasteiger partial charge in [0.05, 0.1) is 18.9 Å². The van der Waals surface area contributed by atoms with Crippen LogP contribution in [0, 0.1) is 6.92 Å². The van der Waals surface area contributed by atoms with Crippen LogP contribution in [0.4, 0.5) is 17.5 Å². The molecular formula is C21H22N4O. The molecule has 132 valence electrons. The summed E-state index contributed by atoms with van der Waals surface area (Å²) in [6.07, 6.45) is 0. The molecule has 5 nitrogen and oxygen atoms in total. The van der Waals surface area contributed by atoms with E-state index in [4.69, 9.17) is 14.7 Å². The number of aromatic nitrogens is 2. The molecule has 1 aromatic heterocycles. The van der Waals surface area contributed by atoms with Crippen molar-refractivity contribution in [1.29, 1.82) is 0 Å². The van der Waals surface area contributed by atoms with E-state index in [2.05, 4.69) is 41.4 Å². The predicted octanol–water partition coefficient (Wildman–Crippen LogP) is 4.03. The summed E-state index contributed by atoms with van der Waals surface area (Å²) in [4.78, 5) is 11.8. The fraction of sp³-hybridized carbons (Fsp3) is 0.238. The molecule has 5 heteroatoms. The lowest BCUT2D eigenvalue weighted by atomic mass is 10.1. The molecule has 0 spiro atoms. The summed E-state index contributed by atoms with van der Waals surface area (Å²) in [5.41, 5.74) is 4.18. The standard InChI is InChI=1S/C21H22N4O/c1-16-7-5-6-10-18(16)22-21-23-19(17-8-3-2-4-9-17)15-20(24-21)25-11-13-26-14-12-25/h2-10,15H,11-14H2,1H3,(H,22,23,24). The van der Waals surface area contributed by atoms with Gasteiger partial charge in [-0.25, -0.2) is 4.98 Å². The molecule has 2 heterocycles. The molecule has 1 saturated heterocycles. The van der Waals surface area contributed by atoms with Gasteiger partial charge in [0.2, 0.25) is 5.95 Å². The van der Waals surface area contributed by atoms with Gasteiger partial charge in [-0.05, 0) is 18.6 Å². The lowest BCUT2D eigenvalue weighted by molar-refractivity contribution is 0.122. The summed E-state index contributed by atoms with van der Waals surface area (Å²) >= 11 is 0. The highest BCUT2D eigenvalue weighted by Gasteiger charge is 2.16. The van der Waals surface area contributed by atoms with E-state index in [1.165, 1.54) is 0 Å². The van der Waals surface area contributed by atoms with E-state index in [1.54, 1.807) is 0 Å². The van der Waals surface area contributed by atoms with Gasteiger partial charge in [-0.15, -0.1) is 0 Å². The Kier molecular flexibility index (Phi) is 4.80. The Labute approximate surface area is 153 Å². The quantitative estimate of drug-likeness (QED) is 0.773. The van der Waals surface area contributed by atoms with Crippen LogP contribution in [0.1, 0.15) is 5.56 Å². The number of rotatable bonds is 4. The van der Waals surface area contributed by atoms with Crippen LogP contribution in [0.3, 0.4) is 0 Å². The van der Waals surface area contributed by atoms with E-state index in [9.17, 15) is 0 Å². The van der Waals surface area contributed by atoms with E-state index in [-0.39, 0.29) is 0 Å². The third-order valence-electron chi connectivity index (χ3n) is 4.51. The van der Waals surface area contributed by atoms with Crippen molar-refractivity contribution in [3.8, 4) is 11.3 Å². The summed E-state index contributed by atoms with van der Waals surface area (Å²) in [6.45, 7) is 5.22. The number of para-hydroxylation sites is 1. The van der Waals surface area contributed by atoms with Crippen LogP contribution in [0.15, 0.2) is 60.7 Å². The minimum absolute atomic E-state index is 0.613. The minimum Gasteiger partial charge on any atom is -0.378 e. The molecule has 26 heavy (non-hydrogen) atoms. The Morgan fingerprint density at radius 2 is 1.65 bits per heavy atom. The first-order chi connectivity index (χ1) is 12.8. The molecule has 0 unspecified atom stereocenters. The number of hydrogen-bond donors (Lipinski definition) is 1. The number of ether oxygens (including phenoxy) is 1. The third-order valence-corrected chi connectivity index (χ3v) is 4.51. The van der Waals surface area contributed by atoms with Crippen LogP contribution < -0.4 is 10.2 Å². The van der Waals surface area contributed by atoms with Gasteiger partial charge >= 0.3 is 0 Å². The van der Waals surface area contributed by atoms with Gasteiger partial charge in [-0.1, -0.05) is 48.5 Å². The molecule has 0 atom stereocenters. The van der Waals surface area contributed by atoms with Crippen LogP contribution in [0.2, 0.25) is 0 Å². The predicted molar refractivity (Wildman–Crippen MR) is 105 cm³/mol. The molecule has 0 radical (unpaired) electrons. The van der Waals surface area contributed by atoms with Crippen molar-refractivity contribution in [3.05, 3.63) is 66.2 Å². The first-order valence-electron chi connectivity index (χ1n) is 8.89. The molecule has 0 aliphatic carbocycles. The maximum absolute atomic E-state index is 5.48. The summed E-state index contributed by atoms with van der Waals surface area (Å²) in [5, 5.41) is 3.38. The van der Waals surface area contributed by atoms with Crippen molar-refractivity contribution >= 4 is 17.5 Å². The molecule has 0 bridgehead atoms. The molecule has 1 aliphatic rings. The summed E-state index contributed by atoms with van der Waals surface area (Å²) < 4.78 is 5.48. The number of hydrogen-bond acceptors (Lipinski definition) is 5. The van der Waals surface area contributed by atoms with E-state index in [0.29, 0.717) is 5.95 Å². The monoisotopic (exact) mass is 346 g/mol. The average Bonchev–Trinajstić information content (AvgIpc) is 2.71. The fourth-order valence-electron chi connectivity index (χ4n) is 3.04. The van der Waals surface area contributed by atoms with Gasteiger partial charge in [0, 0.05) is 30.4 Å². The van der Waals surface area contributed by atoms with Crippen molar-refractivity contribution in [2.45, 2.75) is 6.92 Å². The van der Waals surface area contributed by atoms with Crippen LogP contribution in [0.5, 0.6) is 0 Å². The summed E-state index contributed by atoms with van der Waals surface area (Å²) in [7, 11) is 0. The molecule has 1 fully saturated rings. The summed E-state index contributed by atoms with van der Waals surface area (Å²) in [5.74, 6) is 1.54. The van der Waals surface area contributed by atoms with Gasteiger partial charge in [-0.2, -0.15) is 4.98 Å². The highest BCUT2D eigenvalue weighted by Crippen LogP contribution is 2.26. The Bertz CT molecular complexity index is 876. The fourth-order valence-corrected chi connectivity index (χ4v) is 3.04. The van der Waals surface area contributed by atoms with E-state index < -0.39 is 0 Å². The first-order valence-corrected chi connectivity index (χ1v) is 8.89. The second-order valence-electron chi connectivity index (χ2n) is 6.34. The second kappa shape index (κ2) is 7.54. The van der Waals surface area contributed by atoms with Crippen LogP contribution in [0.25, 0.3) is 11.3 Å². The highest BCUT2D eigenvalue weighted by molar-refractivity contribution is 5.67. The smallest absolute Gasteiger partial charge is 0.229 e. The van der Waals surface area contributed by atoms with E-state index in [0.717, 1.165) is 54.6 Å². The second-order valence-corrected chi connectivity index (χ2v) is 6.34. The lowest BCUT2D eigenvalue weighted by Gasteiger charge is -2.28. The zero-order chi connectivity index (χ0) is 17.8. The van der Waals surface area contributed by atoms with Gasteiger partial charge in [0.1, 0.15) is 5.82 Å². The molecule has 4 rings (SSSR count). The Balaban J connectivity index is 1.73. The van der Waals surface area contributed by atoms with Gasteiger partial charge < -0.3 is 15.0 Å². The van der Waals surface area contributed by atoms with Crippen molar-refractivity contribution < 1.29 is 4.74 Å². The van der Waals surface area contributed by atoms with E-state index >= 15 is 0 Å². The number of benzene rings is 2. The van der Waals surface area contributed by atoms with Gasteiger partial charge in [0.25, 0.3) is 0 Å². The molecular weight excluding hydrogens is 324 g/mol. The van der Waals surface area contributed by atoms with Gasteiger partial charge in [0.15, 0.2) is 0 Å². The SMILES string of the molecule is Cc1ccccc1Nc1nc(-c2ccccc2)cc(N2CCOCC2)n1. The van der Waals surface area contributed by atoms with Gasteiger partial charge in [-0.3, -0.25) is 0 Å². The minimum atomic E-state index is 0.613. The lowest BCUT2D eigenvalue weighted by Crippen LogP contribution is -2.36. The van der Waals surface area contributed by atoms with Crippen molar-refractivity contribution in [2.24, 2.45) is 0 Å². The zero-order valence-electron chi connectivity index (χ0n) is 14.9. The molecule has 0 saturated carbocycles. The van der Waals surface area contributed by atoms with Crippen LogP contribution in [-0.2, 0) is 4.74 Å².